The molecule has 1 saturated heterocycles. The molecule has 3 rings (SSSR count). The van der Waals surface area contributed by atoms with Gasteiger partial charge in [-0.2, -0.15) is 0 Å². The zero-order chi connectivity index (χ0) is 18.5. The monoisotopic (exact) mass is 352 g/mol. The standard InChI is InChI=1S/C21H28N4O/c1-16(2)25(15-18-9-5-4-6-10-18)20(26)19-11-12-22-21(23-19)24-13-7-8-17(3)14-24/h4-6,9-12,16-17H,7-8,13-15H2,1-3H3. The molecule has 1 amide bonds. The Morgan fingerprint density at radius 3 is 2.73 bits per heavy atom. The first-order valence-corrected chi connectivity index (χ1v) is 9.47. The summed E-state index contributed by atoms with van der Waals surface area (Å²) in [6.45, 7) is 8.82. The van der Waals surface area contributed by atoms with Crippen molar-refractivity contribution < 1.29 is 4.79 Å². The van der Waals surface area contributed by atoms with E-state index in [1.54, 1.807) is 12.3 Å². The van der Waals surface area contributed by atoms with Crippen molar-refractivity contribution >= 4 is 11.9 Å². The molecular weight excluding hydrogens is 324 g/mol. The Morgan fingerprint density at radius 2 is 2.04 bits per heavy atom. The van der Waals surface area contributed by atoms with E-state index in [-0.39, 0.29) is 11.9 Å². The molecule has 0 N–H and O–H groups in total. The molecule has 1 fully saturated rings. The molecule has 1 unspecified atom stereocenters. The summed E-state index contributed by atoms with van der Waals surface area (Å²) in [4.78, 5) is 26.2. The number of benzene rings is 1. The van der Waals surface area contributed by atoms with E-state index in [2.05, 4.69) is 21.8 Å². The normalized spacial score (nSPS) is 17.4. The summed E-state index contributed by atoms with van der Waals surface area (Å²) >= 11 is 0. The molecule has 2 heterocycles. The van der Waals surface area contributed by atoms with Gasteiger partial charge in [-0.15, -0.1) is 0 Å². The highest BCUT2D eigenvalue weighted by Crippen LogP contribution is 2.20. The van der Waals surface area contributed by atoms with Gasteiger partial charge in [0.05, 0.1) is 0 Å². The number of carbonyl (C=O) groups is 1. The number of amides is 1. The molecule has 2 aromatic rings. The molecule has 5 nitrogen and oxygen atoms in total. The number of hydrogen-bond acceptors (Lipinski definition) is 4. The Labute approximate surface area is 156 Å². The van der Waals surface area contributed by atoms with Crippen LogP contribution in [0.1, 0.15) is 49.7 Å². The van der Waals surface area contributed by atoms with E-state index in [9.17, 15) is 4.79 Å². The molecule has 26 heavy (non-hydrogen) atoms. The lowest BCUT2D eigenvalue weighted by Crippen LogP contribution is -2.38. The van der Waals surface area contributed by atoms with Gasteiger partial charge >= 0.3 is 0 Å². The molecule has 1 atom stereocenters. The van der Waals surface area contributed by atoms with Crippen molar-refractivity contribution in [3.05, 3.63) is 53.9 Å². The highest BCUT2D eigenvalue weighted by Gasteiger charge is 2.23. The van der Waals surface area contributed by atoms with Crippen molar-refractivity contribution in [2.24, 2.45) is 5.92 Å². The zero-order valence-corrected chi connectivity index (χ0v) is 15.9. The average molecular weight is 352 g/mol. The van der Waals surface area contributed by atoms with Gasteiger partial charge in [0.2, 0.25) is 5.95 Å². The average Bonchev–Trinajstić information content (AvgIpc) is 2.66. The predicted molar refractivity (Wildman–Crippen MR) is 104 cm³/mol. The summed E-state index contributed by atoms with van der Waals surface area (Å²) < 4.78 is 0. The summed E-state index contributed by atoms with van der Waals surface area (Å²) in [6.07, 6.45) is 4.10. The molecule has 1 aliphatic heterocycles. The summed E-state index contributed by atoms with van der Waals surface area (Å²) in [5.74, 6) is 1.26. The number of aromatic nitrogens is 2. The van der Waals surface area contributed by atoms with Crippen LogP contribution >= 0.6 is 0 Å². The SMILES string of the molecule is CC1CCCN(c2nccc(C(=O)N(Cc3ccccc3)C(C)C)n2)C1. The van der Waals surface area contributed by atoms with Crippen molar-refractivity contribution in [2.45, 2.75) is 46.2 Å². The van der Waals surface area contributed by atoms with E-state index >= 15 is 0 Å². The molecular formula is C21H28N4O. The van der Waals surface area contributed by atoms with Crippen LogP contribution in [0.4, 0.5) is 5.95 Å². The maximum absolute atomic E-state index is 13.1. The molecule has 1 aromatic carbocycles. The molecule has 0 aliphatic carbocycles. The van der Waals surface area contributed by atoms with Crippen molar-refractivity contribution in [2.75, 3.05) is 18.0 Å². The number of nitrogens with zero attached hydrogens (tertiary/aromatic N) is 4. The van der Waals surface area contributed by atoms with E-state index in [4.69, 9.17) is 0 Å². The van der Waals surface area contributed by atoms with Crippen molar-refractivity contribution in [3.8, 4) is 0 Å². The number of anilines is 1. The highest BCUT2D eigenvalue weighted by molar-refractivity contribution is 5.92. The maximum Gasteiger partial charge on any atom is 0.273 e. The van der Waals surface area contributed by atoms with Gasteiger partial charge in [-0.05, 0) is 44.2 Å². The first-order chi connectivity index (χ1) is 12.5. The third kappa shape index (κ3) is 4.40. The summed E-state index contributed by atoms with van der Waals surface area (Å²) in [5.41, 5.74) is 1.59. The van der Waals surface area contributed by atoms with Crippen molar-refractivity contribution in [1.29, 1.82) is 0 Å². The molecule has 138 valence electrons. The van der Waals surface area contributed by atoms with Gasteiger partial charge < -0.3 is 9.80 Å². The Kier molecular flexibility index (Phi) is 5.86. The van der Waals surface area contributed by atoms with Crippen LogP contribution in [0.2, 0.25) is 0 Å². The fourth-order valence-electron chi connectivity index (χ4n) is 3.41. The summed E-state index contributed by atoms with van der Waals surface area (Å²) in [5, 5.41) is 0. The molecule has 5 heteroatoms. The van der Waals surface area contributed by atoms with E-state index in [0.717, 1.165) is 25.1 Å². The van der Waals surface area contributed by atoms with Crippen molar-refractivity contribution in [3.63, 3.8) is 0 Å². The van der Waals surface area contributed by atoms with Crippen LogP contribution < -0.4 is 4.90 Å². The van der Waals surface area contributed by atoms with Gasteiger partial charge in [0.25, 0.3) is 5.91 Å². The number of rotatable bonds is 5. The first kappa shape index (κ1) is 18.4. The summed E-state index contributed by atoms with van der Waals surface area (Å²) in [6, 6.07) is 11.9. The maximum atomic E-state index is 13.1. The molecule has 0 spiro atoms. The van der Waals surface area contributed by atoms with Crippen LogP contribution in [-0.2, 0) is 6.54 Å². The molecule has 1 aromatic heterocycles. The van der Waals surface area contributed by atoms with Crippen LogP contribution in [0, 0.1) is 5.92 Å². The topological polar surface area (TPSA) is 49.3 Å². The predicted octanol–water partition coefficient (Wildman–Crippen LogP) is 3.76. The fraction of sp³-hybridized carbons (Fsp3) is 0.476. The third-order valence-corrected chi connectivity index (χ3v) is 4.88. The van der Waals surface area contributed by atoms with Crippen molar-refractivity contribution in [1.82, 2.24) is 14.9 Å². The Morgan fingerprint density at radius 1 is 1.27 bits per heavy atom. The number of hydrogen-bond donors (Lipinski definition) is 0. The van der Waals surface area contributed by atoms with E-state index < -0.39 is 0 Å². The van der Waals surface area contributed by atoms with E-state index in [1.165, 1.54) is 6.42 Å². The van der Waals surface area contributed by atoms with Gasteiger partial charge in [-0.1, -0.05) is 37.3 Å². The Hall–Kier alpha value is -2.43. The highest BCUT2D eigenvalue weighted by atomic mass is 16.2. The van der Waals surface area contributed by atoms with Crippen LogP contribution in [0.25, 0.3) is 0 Å². The third-order valence-electron chi connectivity index (χ3n) is 4.88. The van der Waals surface area contributed by atoms with Crippen LogP contribution in [0.15, 0.2) is 42.6 Å². The lowest BCUT2D eigenvalue weighted by atomic mass is 10.0. The lowest BCUT2D eigenvalue weighted by Gasteiger charge is -2.31. The second-order valence-corrected chi connectivity index (χ2v) is 7.45. The van der Waals surface area contributed by atoms with Gasteiger partial charge in [0.15, 0.2) is 0 Å². The zero-order valence-electron chi connectivity index (χ0n) is 15.9. The van der Waals surface area contributed by atoms with Gasteiger partial charge in [0, 0.05) is 31.9 Å². The largest absolute Gasteiger partial charge is 0.341 e. The molecule has 1 aliphatic rings. The fourth-order valence-corrected chi connectivity index (χ4v) is 3.41. The second kappa shape index (κ2) is 8.30. The molecule has 0 saturated carbocycles. The van der Waals surface area contributed by atoms with Gasteiger partial charge in [-0.25, -0.2) is 9.97 Å². The van der Waals surface area contributed by atoms with E-state index in [1.807, 2.05) is 49.1 Å². The minimum Gasteiger partial charge on any atom is -0.341 e. The molecule has 0 bridgehead atoms. The summed E-state index contributed by atoms with van der Waals surface area (Å²) in [7, 11) is 0. The van der Waals surface area contributed by atoms with Crippen LogP contribution in [0.3, 0.4) is 0 Å². The Balaban J connectivity index is 1.79. The number of piperidine rings is 1. The Bertz CT molecular complexity index is 732. The lowest BCUT2D eigenvalue weighted by molar-refractivity contribution is 0.0684. The quantitative estimate of drug-likeness (QED) is 0.822. The number of carbonyl (C=O) groups excluding carboxylic acids is 1. The van der Waals surface area contributed by atoms with Gasteiger partial charge in [0.1, 0.15) is 5.69 Å². The smallest absolute Gasteiger partial charge is 0.273 e. The molecule has 0 radical (unpaired) electrons. The first-order valence-electron chi connectivity index (χ1n) is 9.47. The van der Waals surface area contributed by atoms with Crippen LogP contribution in [-0.4, -0.2) is 39.9 Å². The van der Waals surface area contributed by atoms with E-state index in [0.29, 0.717) is 24.1 Å². The van der Waals surface area contributed by atoms with Gasteiger partial charge in [-0.3, -0.25) is 4.79 Å². The van der Waals surface area contributed by atoms with Crippen LogP contribution in [0.5, 0.6) is 0 Å². The second-order valence-electron chi connectivity index (χ2n) is 7.45. The minimum atomic E-state index is -0.0439. The minimum absolute atomic E-state index is 0.0439.